The van der Waals surface area contributed by atoms with Gasteiger partial charge in [0, 0.05) is 20.4 Å². The number of hydrogen-bond donors (Lipinski definition) is 2. The first-order valence-electron chi connectivity index (χ1n) is 6.44. The van der Waals surface area contributed by atoms with Gasteiger partial charge in [0.2, 0.25) is 0 Å². The largest absolute Gasteiger partial charge is 0.385 e. The molecule has 0 saturated carbocycles. The van der Waals surface area contributed by atoms with Crippen LogP contribution in [-0.2, 0) is 11.3 Å². The number of halogens is 1. The highest BCUT2D eigenvalue weighted by molar-refractivity contribution is 6.08. The second kappa shape index (κ2) is 6.85. The van der Waals surface area contributed by atoms with Gasteiger partial charge in [-0.2, -0.15) is 5.10 Å². The Kier molecular flexibility index (Phi) is 4.89. The molecule has 0 fully saturated rings. The van der Waals surface area contributed by atoms with E-state index in [-0.39, 0.29) is 11.3 Å². The normalized spacial score (nSPS) is 10.4. The highest BCUT2D eigenvalue weighted by atomic mass is 19.1. The molecule has 1 aromatic heterocycles. The first-order valence-corrected chi connectivity index (χ1v) is 6.44. The topological polar surface area (TPSA) is 68.2 Å². The lowest BCUT2D eigenvalue weighted by Gasteiger charge is -2.09. The van der Waals surface area contributed by atoms with Gasteiger partial charge in [-0.1, -0.05) is 6.07 Å². The molecule has 0 spiro atoms. The van der Waals surface area contributed by atoms with Crippen molar-refractivity contribution in [3.8, 4) is 0 Å². The van der Waals surface area contributed by atoms with Crippen molar-refractivity contribution < 1.29 is 13.9 Å². The Morgan fingerprint density at radius 1 is 1.48 bits per heavy atom. The van der Waals surface area contributed by atoms with Gasteiger partial charge >= 0.3 is 0 Å². The molecule has 0 atom stereocenters. The second-order valence-electron chi connectivity index (χ2n) is 4.35. The molecule has 0 aliphatic rings. The molecule has 0 radical (unpaired) electrons. The lowest BCUT2D eigenvalue weighted by Crippen LogP contribution is -2.14. The molecule has 0 aliphatic carbocycles. The van der Waals surface area contributed by atoms with Gasteiger partial charge in [0.05, 0.1) is 36.3 Å². The zero-order valence-corrected chi connectivity index (χ0v) is 11.9. The van der Waals surface area contributed by atoms with Crippen molar-refractivity contribution in [2.45, 2.75) is 6.54 Å². The van der Waals surface area contributed by atoms with Crippen LogP contribution < -0.4 is 10.6 Å². The lowest BCUT2D eigenvalue weighted by molar-refractivity contribution is 0.102. The predicted molar refractivity (Wildman–Crippen MR) is 78.0 cm³/mol. The number of nitrogens with one attached hydrogen (secondary N) is 2. The van der Waals surface area contributed by atoms with Crippen molar-refractivity contribution >= 4 is 17.3 Å². The molecule has 6 nitrogen and oxygen atoms in total. The Labute approximate surface area is 121 Å². The fraction of sp³-hybridized carbons (Fsp3) is 0.286. The minimum Gasteiger partial charge on any atom is -0.385 e. The lowest BCUT2D eigenvalue weighted by atomic mass is 10.1. The predicted octanol–water partition coefficient (Wildman–Crippen LogP) is 1.96. The Hall–Kier alpha value is -2.41. The zero-order chi connectivity index (χ0) is 15.2. The maximum absolute atomic E-state index is 13.6. The molecule has 112 valence electrons. The molecule has 2 aromatic rings. The monoisotopic (exact) mass is 292 g/mol. The average Bonchev–Trinajstić information content (AvgIpc) is 2.92. The fourth-order valence-electron chi connectivity index (χ4n) is 1.90. The van der Waals surface area contributed by atoms with Gasteiger partial charge in [0.1, 0.15) is 5.82 Å². The summed E-state index contributed by atoms with van der Waals surface area (Å²) in [6.07, 6.45) is 3.22. The molecular weight excluding hydrogens is 275 g/mol. The number of aromatic nitrogens is 2. The molecule has 0 saturated heterocycles. The van der Waals surface area contributed by atoms with Crippen molar-refractivity contribution in [1.82, 2.24) is 9.78 Å². The number of ether oxygens (including phenoxy) is 1. The van der Waals surface area contributed by atoms with Crippen molar-refractivity contribution in [1.29, 1.82) is 0 Å². The number of benzene rings is 1. The minimum atomic E-state index is -0.471. The van der Waals surface area contributed by atoms with Gasteiger partial charge in [0.15, 0.2) is 0 Å². The minimum absolute atomic E-state index is 0.168. The Bertz CT molecular complexity index is 627. The number of hydrogen-bond acceptors (Lipinski definition) is 4. The first kappa shape index (κ1) is 15.0. The molecule has 1 aromatic carbocycles. The van der Waals surface area contributed by atoms with E-state index in [1.807, 2.05) is 0 Å². The molecule has 21 heavy (non-hydrogen) atoms. The number of carbonyl (C=O) groups excluding carboxylic acids is 1. The summed E-state index contributed by atoms with van der Waals surface area (Å²) >= 11 is 0. The van der Waals surface area contributed by atoms with Crippen LogP contribution in [0, 0.1) is 5.82 Å². The van der Waals surface area contributed by atoms with Crippen LogP contribution >= 0.6 is 0 Å². The standard InChI is InChI=1S/C14H17FN4O2/c1-16-13-11(4-3-5-12(13)15)14(20)18-10-8-17-19(9-10)6-7-21-2/h3-5,8-9,16H,6-7H2,1-2H3,(H,18,20). The third-order valence-corrected chi connectivity index (χ3v) is 2.92. The maximum atomic E-state index is 13.6. The van der Waals surface area contributed by atoms with Gasteiger partial charge in [0.25, 0.3) is 5.91 Å². The number of para-hydroxylation sites is 1. The summed E-state index contributed by atoms with van der Waals surface area (Å²) in [7, 11) is 3.17. The molecule has 2 rings (SSSR count). The second-order valence-corrected chi connectivity index (χ2v) is 4.35. The van der Waals surface area contributed by atoms with E-state index in [4.69, 9.17) is 4.74 Å². The molecule has 0 aliphatic heterocycles. The van der Waals surface area contributed by atoms with Crippen LogP contribution in [0.5, 0.6) is 0 Å². The van der Waals surface area contributed by atoms with Crippen molar-refractivity contribution in [3.63, 3.8) is 0 Å². The number of rotatable bonds is 6. The molecule has 0 bridgehead atoms. The number of carbonyl (C=O) groups is 1. The molecule has 0 unspecified atom stereocenters. The quantitative estimate of drug-likeness (QED) is 0.854. The number of amides is 1. The van der Waals surface area contributed by atoms with Gasteiger partial charge < -0.3 is 15.4 Å². The van der Waals surface area contributed by atoms with Crippen LogP contribution in [0.3, 0.4) is 0 Å². The summed E-state index contributed by atoms with van der Waals surface area (Å²) in [4.78, 5) is 12.2. The van der Waals surface area contributed by atoms with E-state index in [1.54, 1.807) is 31.1 Å². The highest BCUT2D eigenvalue weighted by Gasteiger charge is 2.14. The van der Waals surface area contributed by atoms with Gasteiger partial charge in [-0.15, -0.1) is 0 Å². The smallest absolute Gasteiger partial charge is 0.257 e. The van der Waals surface area contributed by atoms with Gasteiger partial charge in [-0.25, -0.2) is 4.39 Å². The summed E-state index contributed by atoms with van der Waals surface area (Å²) in [6, 6.07) is 4.35. The molecule has 1 heterocycles. The summed E-state index contributed by atoms with van der Waals surface area (Å²) in [6.45, 7) is 1.12. The summed E-state index contributed by atoms with van der Waals surface area (Å²) < 4.78 is 20.2. The average molecular weight is 292 g/mol. The van der Waals surface area contributed by atoms with Crippen molar-refractivity contribution in [2.24, 2.45) is 0 Å². The molecule has 7 heteroatoms. The summed E-state index contributed by atoms with van der Waals surface area (Å²) in [5.41, 5.74) is 0.950. The number of nitrogens with zero attached hydrogens (tertiary/aromatic N) is 2. The van der Waals surface area contributed by atoms with Crippen LogP contribution in [0.2, 0.25) is 0 Å². The molecule has 1 amide bonds. The maximum Gasteiger partial charge on any atom is 0.257 e. The number of methoxy groups -OCH3 is 1. The third-order valence-electron chi connectivity index (χ3n) is 2.92. The molecular formula is C14H17FN4O2. The van der Waals surface area contributed by atoms with E-state index in [0.29, 0.717) is 18.8 Å². The Morgan fingerprint density at radius 3 is 3.00 bits per heavy atom. The van der Waals surface area contributed by atoms with E-state index in [2.05, 4.69) is 15.7 Å². The summed E-state index contributed by atoms with van der Waals surface area (Å²) in [5, 5.41) is 9.47. The van der Waals surface area contributed by atoms with Crippen LogP contribution in [0.25, 0.3) is 0 Å². The zero-order valence-electron chi connectivity index (χ0n) is 11.9. The fourth-order valence-corrected chi connectivity index (χ4v) is 1.90. The first-order chi connectivity index (χ1) is 10.2. The van der Waals surface area contributed by atoms with E-state index in [0.717, 1.165) is 0 Å². The van der Waals surface area contributed by atoms with E-state index >= 15 is 0 Å². The van der Waals surface area contributed by atoms with Gasteiger partial charge in [-0.3, -0.25) is 9.48 Å². The van der Waals surface area contributed by atoms with Crippen LogP contribution in [0.4, 0.5) is 15.8 Å². The van der Waals surface area contributed by atoms with Gasteiger partial charge in [-0.05, 0) is 12.1 Å². The van der Waals surface area contributed by atoms with E-state index in [1.165, 1.54) is 18.3 Å². The summed E-state index contributed by atoms with van der Waals surface area (Å²) in [5.74, 6) is -0.869. The third kappa shape index (κ3) is 3.57. The van der Waals surface area contributed by atoms with E-state index in [9.17, 15) is 9.18 Å². The molecule has 2 N–H and O–H groups in total. The van der Waals surface area contributed by atoms with Crippen molar-refractivity contribution in [3.05, 3.63) is 42.0 Å². The van der Waals surface area contributed by atoms with Crippen LogP contribution in [0.15, 0.2) is 30.6 Å². The Balaban J connectivity index is 2.11. The van der Waals surface area contributed by atoms with Crippen molar-refractivity contribution in [2.75, 3.05) is 31.4 Å². The van der Waals surface area contributed by atoms with Crippen LogP contribution in [-0.4, -0.2) is 36.5 Å². The Morgan fingerprint density at radius 2 is 2.29 bits per heavy atom. The SMILES string of the molecule is CNc1c(F)cccc1C(=O)Nc1cnn(CCOC)c1. The van der Waals surface area contributed by atoms with E-state index < -0.39 is 11.7 Å². The van der Waals surface area contributed by atoms with Crippen LogP contribution in [0.1, 0.15) is 10.4 Å². The number of anilines is 2. The highest BCUT2D eigenvalue weighted by Crippen LogP contribution is 2.20.